The van der Waals surface area contributed by atoms with Crippen LogP contribution in [0.2, 0.25) is 0 Å². The normalized spacial score (nSPS) is 11.3. The zero-order chi connectivity index (χ0) is 22.6. The Labute approximate surface area is 196 Å². The van der Waals surface area contributed by atoms with Crippen molar-refractivity contribution in [1.29, 1.82) is 0 Å². The van der Waals surface area contributed by atoms with Gasteiger partial charge in [-0.05, 0) is 24.6 Å². The first-order valence-electron chi connectivity index (χ1n) is 9.14. The van der Waals surface area contributed by atoms with Gasteiger partial charge in [0, 0.05) is 11.3 Å². The van der Waals surface area contributed by atoms with Crippen molar-refractivity contribution in [3.8, 4) is 0 Å². The highest BCUT2D eigenvalue weighted by molar-refractivity contribution is 8.00. The molecule has 1 amide bonds. The van der Waals surface area contributed by atoms with Crippen LogP contribution in [0.3, 0.4) is 0 Å². The van der Waals surface area contributed by atoms with E-state index in [0.717, 1.165) is 33.8 Å². The molecule has 9 nitrogen and oxygen atoms in total. The maximum atomic E-state index is 12.6. The van der Waals surface area contributed by atoms with E-state index in [4.69, 9.17) is 0 Å². The number of amides is 1. The summed E-state index contributed by atoms with van der Waals surface area (Å²) in [5.74, 6) is 0.300. The smallest absolute Gasteiger partial charge is 0.293 e. The molecule has 2 aromatic heterocycles. The number of hydrogen-bond donors (Lipinski definition) is 2. The third kappa shape index (κ3) is 5.68. The number of aryl methyl sites for hydroxylation is 1. The number of nitrogens with zero attached hydrogens (tertiary/aromatic N) is 4. The van der Waals surface area contributed by atoms with Gasteiger partial charge in [-0.15, -0.1) is 20.4 Å². The third-order valence-corrected chi connectivity index (χ3v) is 8.69. The second kappa shape index (κ2) is 9.73. The third-order valence-electron chi connectivity index (χ3n) is 3.97. The Balaban J connectivity index is 1.38. The van der Waals surface area contributed by atoms with Gasteiger partial charge in [-0.3, -0.25) is 14.8 Å². The van der Waals surface area contributed by atoms with E-state index in [2.05, 4.69) is 30.4 Å². The first kappa shape index (κ1) is 22.3. The zero-order valence-electron chi connectivity index (χ0n) is 16.5. The largest absolute Gasteiger partial charge is 0.296 e. The zero-order valence-corrected chi connectivity index (χ0v) is 19.8. The number of rotatable bonds is 8. The molecular weight excluding hydrogens is 489 g/mol. The molecule has 0 unspecified atom stereocenters. The summed E-state index contributed by atoms with van der Waals surface area (Å²) < 4.78 is 27.9. The molecule has 4 aromatic rings. The predicted molar refractivity (Wildman–Crippen MR) is 126 cm³/mol. The first-order valence-corrected chi connectivity index (χ1v) is 13.2. The minimum absolute atomic E-state index is 0.0771. The van der Waals surface area contributed by atoms with Crippen LogP contribution in [0.15, 0.2) is 63.3 Å². The molecule has 0 saturated carbocycles. The van der Waals surface area contributed by atoms with Gasteiger partial charge in [0.1, 0.15) is 0 Å². The van der Waals surface area contributed by atoms with Gasteiger partial charge >= 0.3 is 0 Å². The van der Waals surface area contributed by atoms with Crippen LogP contribution in [0.5, 0.6) is 0 Å². The number of hydrogen-bond acceptors (Lipinski definition) is 10. The van der Waals surface area contributed by atoms with E-state index in [-0.39, 0.29) is 14.6 Å². The van der Waals surface area contributed by atoms with Crippen molar-refractivity contribution in [2.45, 2.75) is 21.4 Å². The average molecular weight is 505 g/mol. The fourth-order valence-corrected chi connectivity index (χ4v) is 6.35. The van der Waals surface area contributed by atoms with E-state index in [0.29, 0.717) is 15.7 Å². The van der Waals surface area contributed by atoms with E-state index in [1.54, 1.807) is 18.2 Å². The summed E-state index contributed by atoms with van der Waals surface area (Å²) in [5, 5.41) is 18.1. The van der Waals surface area contributed by atoms with E-state index < -0.39 is 15.9 Å². The van der Waals surface area contributed by atoms with E-state index in [1.807, 2.05) is 43.3 Å². The lowest BCUT2D eigenvalue weighted by molar-refractivity contribution is 0.102. The Bertz CT molecular complexity index is 1340. The highest BCUT2D eigenvalue weighted by Crippen LogP contribution is 2.30. The molecule has 0 atom stereocenters. The van der Waals surface area contributed by atoms with Crippen molar-refractivity contribution in [1.82, 2.24) is 20.4 Å². The Kier molecular flexibility index (Phi) is 6.79. The molecular formula is C19H16N6O3S4. The summed E-state index contributed by atoms with van der Waals surface area (Å²) in [7, 11) is -4.01. The molecule has 2 heterocycles. The minimum atomic E-state index is -4.01. The van der Waals surface area contributed by atoms with Crippen LogP contribution in [0.25, 0.3) is 0 Å². The molecule has 4 rings (SSSR count). The van der Waals surface area contributed by atoms with Gasteiger partial charge in [0.15, 0.2) is 4.34 Å². The fraction of sp³-hybridized carbons (Fsp3) is 0.105. The summed E-state index contributed by atoms with van der Waals surface area (Å²) in [5.41, 5.74) is 2.50. The lowest BCUT2D eigenvalue weighted by Gasteiger charge is -2.02. The van der Waals surface area contributed by atoms with E-state index in [1.165, 1.54) is 11.8 Å². The maximum Gasteiger partial charge on any atom is 0.293 e. The van der Waals surface area contributed by atoms with Crippen LogP contribution in [-0.4, -0.2) is 34.7 Å². The van der Waals surface area contributed by atoms with Gasteiger partial charge in [0.25, 0.3) is 20.3 Å². The van der Waals surface area contributed by atoms with E-state index >= 15 is 0 Å². The number of carbonyl (C=O) groups is 1. The molecule has 0 aliphatic carbocycles. The SMILES string of the molecule is Cc1cccc(C(=O)Nc2nnc(S(=O)(=O)Nc3nnc(SCc4ccccc4)s3)s2)c1. The van der Waals surface area contributed by atoms with E-state index in [9.17, 15) is 13.2 Å². The lowest BCUT2D eigenvalue weighted by Crippen LogP contribution is -2.12. The molecule has 0 aliphatic heterocycles. The number of carbonyl (C=O) groups excluding carboxylic acids is 1. The summed E-state index contributed by atoms with van der Waals surface area (Å²) in [6.07, 6.45) is 0. The van der Waals surface area contributed by atoms with Crippen molar-refractivity contribution in [2.75, 3.05) is 10.0 Å². The number of sulfonamides is 1. The van der Waals surface area contributed by atoms with Crippen molar-refractivity contribution >= 4 is 60.6 Å². The van der Waals surface area contributed by atoms with Gasteiger partial charge in [-0.25, -0.2) is 0 Å². The van der Waals surface area contributed by atoms with Gasteiger partial charge in [-0.1, -0.05) is 82.5 Å². The molecule has 2 N–H and O–H groups in total. The molecule has 0 radical (unpaired) electrons. The van der Waals surface area contributed by atoms with Crippen molar-refractivity contribution < 1.29 is 13.2 Å². The van der Waals surface area contributed by atoms with Gasteiger partial charge in [-0.2, -0.15) is 8.42 Å². The Morgan fingerprint density at radius 1 is 0.969 bits per heavy atom. The quantitative estimate of drug-likeness (QED) is 0.272. The Hall–Kier alpha value is -2.87. The summed E-state index contributed by atoms with van der Waals surface area (Å²) in [6.45, 7) is 1.87. The molecule has 13 heteroatoms. The summed E-state index contributed by atoms with van der Waals surface area (Å²) in [4.78, 5) is 12.3. The Morgan fingerprint density at radius 3 is 2.53 bits per heavy atom. The Morgan fingerprint density at radius 2 is 1.75 bits per heavy atom. The van der Waals surface area contributed by atoms with Gasteiger partial charge < -0.3 is 0 Å². The number of nitrogens with one attached hydrogen (secondary N) is 2. The summed E-state index contributed by atoms with van der Waals surface area (Å²) in [6, 6.07) is 16.9. The maximum absolute atomic E-state index is 12.6. The molecule has 164 valence electrons. The molecule has 0 bridgehead atoms. The number of thioether (sulfide) groups is 1. The number of aromatic nitrogens is 4. The minimum Gasteiger partial charge on any atom is -0.296 e. The van der Waals surface area contributed by atoms with Crippen LogP contribution in [0, 0.1) is 6.92 Å². The molecule has 0 fully saturated rings. The fourth-order valence-electron chi connectivity index (χ4n) is 2.51. The van der Waals surface area contributed by atoms with Crippen LogP contribution in [0.4, 0.5) is 10.3 Å². The van der Waals surface area contributed by atoms with Crippen molar-refractivity contribution in [2.24, 2.45) is 0 Å². The second-order valence-corrected chi connectivity index (χ2v) is 11.5. The summed E-state index contributed by atoms with van der Waals surface area (Å²) >= 11 is 3.34. The lowest BCUT2D eigenvalue weighted by atomic mass is 10.1. The van der Waals surface area contributed by atoms with Crippen LogP contribution in [-0.2, 0) is 15.8 Å². The predicted octanol–water partition coefficient (Wildman–Crippen LogP) is 4.04. The van der Waals surface area contributed by atoms with Crippen molar-refractivity contribution in [3.63, 3.8) is 0 Å². The first-order chi connectivity index (χ1) is 15.4. The second-order valence-electron chi connectivity index (χ2n) is 6.45. The molecule has 0 saturated heterocycles. The van der Waals surface area contributed by atoms with Crippen LogP contribution >= 0.6 is 34.4 Å². The number of benzene rings is 2. The monoisotopic (exact) mass is 504 g/mol. The molecule has 32 heavy (non-hydrogen) atoms. The molecule has 0 spiro atoms. The van der Waals surface area contributed by atoms with Crippen LogP contribution in [0.1, 0.15) is 21.5 Å². The van der Waals surface area contributed by atoms with Crippen LogP contribution < -0.4 is 10.0 Å². The highest BCUT2D eigenvalue weighted by atomic mass is 32.2. The van der Waals surface area contributed by atoms with Gasteiger partial charge in [0.05, 0.1) is 0 Å². The number of anilines is 2. The molecule has 2 aromatic carbocycles. The standard InChI is InChI=1S/C19H16N6O3S4/c1-12-6-5-9-14(10-12)15(26)20-16-21-24-19(31-16)32(27,28)25-17-22-23-18(30-17)29-11-13-7-3-2-4-8-13/h2-10H,11H2,1H3,(H,22,25)(H,20,21,26). The average Bonchev–Trinajstić information content (AvgIpc) is 3.43. The van der Waals surface area contributed by atoms with Crippen molar-refractivity contribution in [3.05, 3.63) is 71.3 Å². The highest BCUT2D eigenvalue weighted by Gasteiger charge is 2.23. The molecule has 0 aliphatic rings. The van der Waals surface area contributed by atoms with Gasteiger partial charge in [0.2, 0.25) is 10.3 Å². The topological polar surface area (TPSA) is 127 Å².